The van der Waals surface area contributed by atoms with E-state index in [1.54, 1.807) is 4.68 Å². The van der Waals surface area contributed by atoms with Gasteiger partial charge in [0.2, 0.25) is 0 Å². The number of carbonyl (C=O) groups is 1. The Bertz CT molecular complexity index is 662. The maximum atomic E-state index is 11.0. The van der Waals surface area contributed by atoms with Crippen LogP contribution in [-0.4, -0.2) is 25.8 Å². The number of hydrogen-bond donors (Lipinski definition) is 1. The second-order valence-corrected chi connectivity index (χ2v) is 5.59. The van der Waals surface area contributed by atoms with Gasteiger partial charge in [-0.15, -0.1) is 5.10 Å². The van der Waals surface area contributed by atoms with Crippen molar-refractivity contribution < 1.29 is 9.90 Å². The minimum Gasteiger partial charge on any atom is -0.475 e. The third-order valence-electron chi connectivity index (χ3n) is 3.10. The molecule has 1 saturated carbocycles. The Balaban J connectivity index is 2.17. The molecule has 19 heavy (non-hydrogen) atoms. The first-order valence-electron chi connectivity index (χ1n) is 6.03. The van der Waals surface area contributed by atoms with Crippen molar-refractivity contribution in [3.05, 3.63) is 39.9 Å². The largest absolute Gasteiger partial charge is 0.475 e. The summed E-state index contributed by atoms with van der Waals surface area (Å²) in [5.74, 6) is -0.170. The molecule has 98 valence electrons. The van der Waals surface area contributed by atoms with Gasteiger partial charge in [-0.2, -0.15) is 0 Å². The molecule has 0 spiro atoms. The Morgan fingerprint density at radius 1 is 1.47 bits per heavy atom. The van der Waals surface area contributed by atoms with Crippen LogP contribution >= 0.6 is 15.9 Å². The van der Waals surface area contributed by atoms with Gasteiger partial charge in [-0.3, -0.25) is 0 Å². The van der Waals surface area contributed by atoms with Crippen LogP contribution in [0.1, 0.15) is 40.8 Å². The fourth-order valence-electron chi connectivity index (χ4n) is 1.98. The summed E-state index contributed by atoms with van der Waals surface area (Å²) >= 11 is 3.48. The highest BCUT2D eigenvalue weighted by Gasteiger charge is 2.31. The Morgan fingerprint density at radius 3 is 2.84 bits per heavy atom. The zero-order chi connectivity index (χ0) is 13.6. The highest BCUT2D eigenvalue weighted by Crippen LogP contribution is 2.40. The zero-order valence-corrected chi connectivity index (χ0v) is 11.9. The van der Waals surface area contributed by atoms with Gasteiger partial charge < -0.3 is 5.11 Å². The molecular weight excluding hydrogens is 310 g/mol. The van der Waals surface area contributed by atoms with Gasteiger partial charge in [0.05, 0.1) is 5.69 Å². The molecule has 0 bridgehead atoms. The Labute approximate surface area is 118 Å². The van der Waals surface area contributed by atoms with E-state index in [9.17, 15) is 4.79 Å². The van der Waals surface area contributed by atoms with E-state index in [2.05, 4.69) is 26.0 Å². The van der Waals surface area contributed by atoms with Gasteiger partial charge in [-0.05, 0) is 53.4 Å². The molecule has 0 aliphatic heterocycles. The smallest absolute Gasteiger partial charge is 0.375 e. The zero-order valence-electron chi connectivity index (χ0n) is 10.3. The predicted octanol–water partition coefficient (Wildman–Crippen LogP) is 2.91. The maximum Gasteiger partial charge on any atom is 0.375 e. The molecule has 1 N–H and O–H groups in total. The third-order valence-corrected chi connectivity index (χ3v) is 3.77. The molecule has 0 atom stereocenters. The SMILES string of the molecule is Cc1ccc(Br)c(-n2nc(C(=O)O)nc2C2CC2)c1. The van der Waals surface area contributed by atoms with Crippen molar-refractivity contribution >= 4 is 21.9 Å². The molecule has 1 aliphatic carbocycles. The highest BCUT2D eigenvalue weighted by molar-refractivity contribution is 9.10. The van der Waals surface area contributed by atoms with Crippen LogP contribution in [0.2, 0.25) is 0 Å². The van der Waals surface area contributed by atoms with E-state index in [4.69, 9.17) is 5.11 Å². The van der Waals surface area contributed by atoms with Gasteiger partial charge in [0.15, 0.2) is 0 Å². The van der Waals surface area contributed by atoms with Gasteiger partial charge >= 0.3 is 5.97 Å². The van der Waals surface area contributed by atoms with Gasteiger partial charge in [0.1, 0.15) is 5.82 Å². The number of carboxylic acids is 1. The normalized spacial score (nSPS) is 14.6. The summed E-state index contributed by atoms with van der Waals surface area (Å²) in [7, 11) is 0. The second-order valence-electron chi connectivity index (χ2n) is 4.74. The second kappa shape index (κ2) is 4.45. The number of aromatic carboxylic acids is 1. The molecule has 1 aromatic heterocycles. The number of hydrogen-bond acceptors (Lipinski definition) is 3. The van der Waals surface area contributed by atoms with Crippen LogP contribution in [0.15, 0.2) is 22.7 Å². The van der Waals surface area contributed by atoms with Crippen LogP contribution in [0.25, 0.3) is 5.69 Å². The highest BCUT2D eigenvalue weighted by atomic mass is 79.9. The molecule has 0 radical (unpaired) electrons. The lowest BCUT2D eigenvalue weighted by molar-refractivity contribution is 0.0683. The number of aryl methyl sites for hydroxylation is 1. The first kappa shape index (κ1) is 12.3. The average Bonchev–Trinajstić information content (AvgIpc) is 3.11. The first-order valence-corrected chi connectivity index (χ1v) is 6.82. The number of rotatable bonds is 3. The maximum absolute atomic E-state index is 11.0. The third kappa shape index (κ3) is 2.28. The summed E-state index contributed by atoms with van der Waals surface area (Å²) in [5.41, 5.74) is 1.93. The van der Waals surface area contributed by atoms with Crippen LogP contribution in [0, 0.1) is 6.92 Å². The molecule has 5 nitrogen and oxygen atoms in total. The molecule has 1 heterocycles. The summed E-state index contributed by atoms with van der Waals surface area (Å²) in [6.45, 7) is 1.99. The monoisotopic (exact) mass is 321 g/mol. The molecular formula is C13H12BrN3O2. The van der Waals surface area contributed by atoms with Gasteiger partial charge in [-0.25, -0.2) is 14.5 Å². The van der Waals surface area contributed by atoms with Gasteiger partial charge in [0, 0.05) is 10.4 Å². The van der Waals surface area contributed by atoms with Gasteiger partial charge in [0.25, 0.3) is 5.82 Å². The minimum absolute atomic E-state index is 0.143. The topological polar surface area (TPSA) is 68.0 Å². The van der Waals surface area contributed by atoms with E-state index < -0.39 is 5.97 Å². The van der Waals surface area contributed by atoms with Crippen LogP contribution in [0.3, 0.4) is 0 Å². The van der Waals surface area contributed by atoms with Crippen molar-refractivity contribution in [2.24, 2.45) is 0 Å². The van der Waals surface area contributed by atoms with Crippen molar-refractivity contribution in [2.75, 3.05) is 0 Å². The fraction of sp³-hybridized carbons (Fsp3) is 0.308. The van der Waals surface area contributed by atoms with E-state index in [1.807, 2.05) is 25.1 Å². The van der Waals surface area contributed by atoms with Crippen molar-refractivity contribution in [3.8, 4) is 5.69 Å². The van der Waals surface area contributed by atoms with Crippen molar-refractivity contribution in [1.82, 2.24) is 14.8 Å². The van der Waals surface area contributed by atoms with Gasteiger partial charge in [-0.1, -0.05) is 6.07 Å². The Kier molecular flexibility index (Phi) is 2.89. The fourth-order valence-corrected chi connectivity index (χ4v) is 2.40. The number of benzene rings is 1. The quantitative estimate of drug-likeness (QED) is 0.943. The number of aromatic nitrogens is 3. The van der Waals surface area contributed by atoms with Crippen LogP contribution < -0.4 is 0 Å². The molecule has 0 amide bonds. The number of nitrogens with zero attached hydrogens (tertiary/aromatic N) is 3. The number of halogens is 1. The Morgan fingerprint density at radius 2 is 2.21 bits per heavy atom. The summed E-state index contributed by atoms with van der Waals surface area (Å²) < 4.78 is 2.53. The van der Waals surface area contributed by atoms with E-state index in [0.29, 0.717) is 5.92 Å². The molecule has 0 saturated heterocycles. The average molecular weight is 322 g/mol. The standard InChI is InChI=1S/C13H12BrN3O2/c1-7-2-5-9(14)10(6-7)17-12(8-3-4-8)15-11(16-17)13(18)19/h2,5-6,8H,3-4H2,1H3,(H,18,19). The molecule has 3 rings (SSSR count). The molecule has 1 aromatic carbocycles. The van der Waals surface area contributed by atoms with E-state index in [1.165, 1.54) is 0 Å². The molecule has 1 fully saturated rings. The lowest BCUT2D eigenvalue weighted by Crippen LogP contribution is -2.04. The van der Waals surface area contributed by atoms with E-state index >= 15 is 0 Å². The van der Waals surface area contributed by atoms with Crippen LogP contribution in [0.5, 0.6) is 0 Å². The Hall–Kier alpha value is -1.69. The van der Waals surface area contributed by atoms with Crippen molar-refractivity contribution in [3.63, 3.8) is 0 Å². The van der Waals surface area contributed by atoms with Crippen molar-refractivity contribution in [1.29, 1.82) is 0 Å². The lowest BCUT2D eigenvalue weighted by Gasteiger charge is -2.08. The van der Waals surface area contributed by atoms with E-state index in [0.717, 1.165) is 34.4 Å². The van der Waals surface area contributed by atoms with E-state index in [-0.39, 0.29) is 5.82 Å². The first-order chi connectivity index (χ1) is 9.06. The lowest BCUT2D eigenvalue weighted by atomic mass is 10.2. The number of carboxylic acid groups (broad SMARTS) is 1. The molecule has 0 unspecified atom stereocenters. The molecule has 2 aromatic rings. The minimum atomic E-state index is -1.09. The summed E-state index contributed by atoms with van der Waals surface area (Å²) in [6.07, 6.45) is 2.09. The van der Waals surface area contributed by atoms with Crippen LogP contribution in [-0.2, 0) is 0 Å². The van der Waals surface area contributed by atoms with Crippen LogP contribution in [0.4, 0.5) is 0 Å². The summed E-state index contributed by atoms with van der Waals surface area (Å²) in [5, 5.41) is 13.2. The predicted molar refractivity (Wildman–Crippen MR) is 72.7 cm³/mol. The molecule has 1 aliphatic rings. The van der Waals surface area contributed by atoms with Crippen molar-refractivity contribution in [2.45, 2.75) is 25.7 Å². The molecule has 6 heteroatoms. The summed E-state index contributed by atoms with van der Waals surface area (Å²) in [6, 6.07) is 5.89. The summed E-state index contributed by atoms with van der Waals surface area (Å²) in [4.78, 5) is 15.2.